The monoisotopic (exact) mass is 234 g/mol. The van der Waals surface area contributed by atoms with Gasteiger partial charge in [-0.05, 0) is 30.7 Å². The van der Waals surface area contributed by atoms with Crippen molar-refractivity contribution in [3.8, 4) is 0 Å². The third kappa shape index (κ3) is 6.25. The molecule has 0 aromatic heterocycles. The number of allylic oxidation sites excluding steroid dienone is 1. The predicted molar refractivity (Wildman–Crippen MR) is 70.7 cm³/mol. The summed E-state index contributed by atoms with van der Waals surface area (Å²) >= 11 is 0. The van der Waals surface area contributed by atoms with Crippen molar-refractivity contribution in [3.63, 3.8) is 0 Å². The van der Waals surface area contributed by atoms with Crippen molar-refractivity contribution in [2.75, 3.05) is 13.2 Å². The molecule has 0 heterocycles. The van der Waals surface area contributed by atoms with Crippen LogP contribution in [0.15, 0.2) is 43.0 Å². The van der Waals surface area contributed by atoms with Gasteiger partial charge in [0.1, 0.15) is 0 Å². The van der Waals surface area contributed by atoms with Gasteiger partial charge in [0.2, 0.25) is 0 Å². The van der Waals surface area contributed by atoms with Gasteiger partial charge < -0.3 is 9.84 Å². The average molecular weight is 234 g/mol. The lowest BCUT2D eigenvalue weighted by Gasteiger charge is -2.11. The summed E-state index contributed by atoms with van der Waals surface area (Å²) < 4.78 is 5.59. The third-order valence-electron chi connectivity index (χ3n) is 2.77. The maximum Gasteiger partial charge on any atom is 0.0716 e. The second kappa shape index (κ2) is 8.97. The molecule has 0 radical (unpaired) electrons. The van der Waals surface area contributed by atoms with Gasteiger partial charge in [0, 0.05) is 13.2 Å². The predicted octanol–water partition coefficient (Wildman–Crippen LogP) is 3.17. The van der Waals surface area contributed by atoms with Gasteiger partial charge in [0.25, 0.3) is 0 Å². The summed E-state index contributed by atoms with van der Waals surface area (Å²) in [6.45, 7) is 5.36. The fourth-order valence-electron chi connectivity index (χ4n) is 1.76. The van der Waals surface area contributed by atoms with E-state index in [1.807, 2.05) is 24.3 Å². The first-order valence-corrected chi connectivity index (χ1v) is 6.20. The molecule has 17 heavy (non-hydrogen) atoms. The van der Waals surface area contributed by atoms with Crippen molar-refractivity contribution in [3.05, 3.63) is 48.6 Å². The Balaban J connectivity index is 2.06. The van der Waals surface area contributed by atoms with Crippen LogP contribution >= 0.6 is 0 Å². The molecule has 0 aliphatic rings. The lowest BCUT2D eigenvalue weighted by atomic mass is 10.0. The van der Waals surface area contributed by atoms with E-state index in [1.54, 1.807) is 0 Å². The highest BCUT2D eigenvalue weighted by atomic mass is 16.5. The van der Waals surface area contributed by atoms with Crippen LogP contribution in [0.1, 0.15) is 24.8 Å². The van der Waals surface area contributed by atoms with Crippen LogP contribution in [0.2, 0.25) is 0 Å². The summed E-state index contributed by atoms with van der Waals surface area (Å²) in [6.07, 6.45) is 4.74. The zero-order chi connectivity index (χ0) is 12.3. The molecule has 1 atom stereocenters. The fourth-order valence-corrected chi connectivity index (χ4v) is 1.76. The molecular weight excluding hydrogens is 212 g/mol. The second-order valence-corrected chi connectivity index (χ2v) is 4.25. The Kier molecular flexibility index (Phi) is 7.35. The van der Waals surface area contributed by atoms with Crippen molar-refractivity contribution in [1.82, 2.24) is 0 Å². The van der Waals surface area contributed by atoms with E-state index in [2.05, 4.69) is 18.7 Å². The van der Waals surface area contributed by atoms with Crippen LogP contribution in [-0.2, 0) is 11.3 Å². The number of hydrogen-bond donors (Lipinski definition) is 1. The number of hydrogen-bond acceptors (Lipinski definition) is 2. The first-order chi connectivity index (χ1) is 8.36. The zero-order valence-electron chi connectivity index (χ0n) is 10.3. The number of aliphatic hydroxyl groups is 1. The van der Waals surface area contributed by atoms with Crippen molar-refractivity contribution in [2.24, 2.45) is 5.92 Å². The van der Waals surface area contributed by atoms with Gasteiger partial charge in [-0.2, -0.15) is 0 Å². The maximum atomic E-state index is 9.10. The SMILES string of the molecule is C=CCC(CO)CCCOCc1ccccc1. The standard InChI is InChI=1S/C15H22O2/c1-2-7-14(12-16)10-6-11-17-13-15-8-4-3-5-9-15/h2-5,8-9,14,16H,1,6-7,10-13H2. The molecule has 1 N–H and O–H groups in total. The van der Waals surface area contributed by atoms with Crippen LogP contribution in [0.4, 0.5) is 0 Å². The summed E-state index contributed by atoms with van der Waals surface area (Å²) in [4.78, 5) is 0. The molecule has 2 heteroatoms. The highest BCUT2D eigenvalue weighted by molar-refractivity contribution is 5.13. The third-order valence-corrected chi connectivity index (χ3v) is 2.77. The summed E-state index contributed by atoms with van der Waals surface area (Å²) in [5.74, 6) is 0.341. The van der Waals surface area contributed by atoms with Gasteiger partial charge in [-0.25, -0.2) is 0 Å². The largest absolute Gasteiger partial charge is 0.396 e. The van der Waals surface area contributed by atoms with Crippen LogP contribution in [0.3, 0.4) is 0 Å². The number of ether oxygens (including phenoxy) is 1. The van der Waals surface area contributed by atoms with E-state index in [-0.39, 0.29) is 6.61 Å². The molecule has 0 bridgehead atoms. The molecule has 1 aromatic carbocycles. The van der Waals surface area contributed by atoms with Crippen molar-refractivity contribution in [1.29, 1.82) is 0 Å². The van der Waals surface area contributed by atoms with Crippen LogP contribution in [-0.4, -0.2) is 18.3 Å². The zero-order valence-corrected chi connectivity index (χ0v) is 10.3. The minimum absolute atomic E-state index is 0.241. The minimum Gasteiger partial charge on any atom is -0.396 e. The summed E-state index contributed by atoms with van der Waals surface area (Å²) in [5.41, 5.74) is 1.21. The van der Waals surface area contributed by atoms with Crippen LogP contribution in [0, 0.1) is 5.92 Å². The van der Waals surface area contributed by atoms with Crippen LogP contribution in [0.25, 0.3) is 0 Å². The Hall–Kier alpha value is -1.12. The maximum absolute atomic E-state index is 9.10. The topological polar surface area (TPSA) is 29.5 Å². The van der Waals surface area contributed by atoms with Crippen molar-refractivity contribution >= 4 is 0 Å². The van der Waals surface area contributed by atoms with E-state index in [9.17, 15) is 0 Å². The first kappa shape index (κ1) is 13.9. The van der Waals surface area contributed by atoms with E-state index in [1.165, 1.54) is 5.56 Å². The Morgan fingerprint density at radius 3 is 2.71 bits per heavy atom. The molecule has 0 saturated carbocycles. The Morgan fingerprint density at radius 1 is 1.29 bits per heavy atom. The lowest BCUT2D eigenvalue weighted by Crippen LogP contribution is -2.06. The van der Waals surface area contributed by atoms with E-state index in [4.69, 9.17) is 9.84 Å². The smallest absolute Gasteiger partial charge is 0.0716 e. The fraction of sp³-hybridized carbons (Fsp3) is 0.467. The van der Waals surface area contributed by atoms with Crippen LogP contribution in [0.5, 0.6) is 0 Å². The molecule has 1 aromatic rings. The Morgan fingerprint density at radius 2 is 2.06 bits per heavy atom. The summed E-state index contributed by atoms with van der Waals surface area (Å²) in [5, 5.41) is 9.10. The average Bonchev–Trinajstić information content (AvgIpc) is 2.38. The van der Waals surface area contributed by atoms with Gasteiger partial charge in [0.05, 0.1) is 6.61 Å². The van der Waals surface area contributed by atoms with Gasteiger partial charge in [-0.3, -0.25) is 0 Å². The minimum atomic E-state index is 0.241. The van der Waals surface area contributed by atoms with Gasteiger partial charge in [-0.15, -0.1) is 6.58 Å². The molecule has 0 aliphatic heterocycles. The summed E-state index contributed by atoms with van der Waals surface area (Å²) in [6, 6.07) is 10.2. The van der Waals surface area contributed by atoms with E-state index >= 15 is 0 Å². The highest BCUT2D eigenvalue weighted by Crippen LogP contribution is 2.11. The quantitative estimate of drug-likeness (QED) is 0.525. The van der Waals surface area contributed by atoms with E-state index < -0.39 is 0 Å². The van der Waals surface area contributed by atoms with Crippen molar-refractivity contribution in [2.45, 2.75) is 25.9 Å². The molecule has 0 aliphatic carbocycles. The summed E-state index contributed by atoms with van der Waals surface area (Å²) in [7, 11) is 0. The molecule has 0 amide bonds. The van der Waals surface area contributed by atoms with Gasteiger partial charge >= 0.3 is 0 Å². The number of benzene rings is 1. The lowest BCUT2D eigenvalue weighted by molar-refractivity contribution is 0.109. The number of aliphatic hydroxyl groups excluding tert-OH is 1. The highest BCUT2D eigenvalue weighted by Gasteiger charge is 2.04. The first-order valence-electron chi connectivity index (χ1n) is 6.20. The Labute approximate surface area is 104 Å². The molecule has 94 valence electrons. The molecule has 0 spiro atoms. The van der Waals surface area contributed by atoms with Crippen LogP contribution < -0.4 is 0 Å². The molecule has 1 rings (SSSR count). The van der Waals surface area contributed by atoms with Gasteiger partial charge in [-0.1, -0.05) is 36.4 Å². The molecule has 0 saturated heterocycles. The molecular formula is C15H22O2. The Bertz CT molecular complexity index is 295. The molecule has 2 nitrogen and oxygen atoms in total. The van der Waals surface area contributed by atoms with E-state index in [0.717, 1.165) is 25.9 Å². The number of rotatable bonds is 9. The second-order valence-electron chi connectivity index (χ2n) is 4.25. The van der Waals surface area contributed by atoms with E-state index in [0.29, 0.717) is 12.5 Å². The normalized spacial score (nSPS) is 12.3. The molecule has 0 fully saturated rings. The molecule has 1 unspecified atom stereocenters. The van der Waals surface area contributed by atoms with Crippen molar-refractivity contribution < 1.29 is 9.84 Å². The van der Waals surface area contributed by atoms with Gasteiger partial charge in [0.15, 0.2) is 0 Å².